The van der Waals surface area contributed by atoms with Gasteiger partial charge in [0, 0.05) is 0 Å². The summed E-state index contributed by atoms with van der Waals surface area (Å²) in [6.45, 7) is 10.1. The Morgan fingerprint density at radius 1 is 1.12 bits per heavy atom. The Hall–Kier alpha value is -1.79. The quantitative estimate of drug-likeness (QED) is 0.121. The van der Waals surface area contributed by atoms with Gasteiger partial charge < -0.3 is 0 Å². The number of phenols is 1. The first-order chi connectivity index (χ1) is 20.5. The van der Waals surface area contributed by atoms with Crippen molar-refractivity contribution in [3.8, 4) is 24.3 Å². The number of hydrogen-bond donors (Lipinski definition) is 1. The molecule has 0 radical (unpaired) electrons. The van der Waals surface area contributed by atoms with E-state index in [1.54, 1.807) is 0 Å². The fourth-order valence-corrected chi connectivity index (χ4v) is 11.8. The van der Waals surface area contributed by atoms with E-state index >= 15 is 0 Å². The van der Waals surface area contributed by atoms with E-state index in [0.717, 1.165) is 42.9 Å². The van der Waals surface area contributed by atoms with E-state index in [1.165, 1.54) is 42.2 Å². The van der Waals surface area contributed by atoms with E-state index in [0.29, 0.717) is 46.9 Å². The van der Waals surface area contributed by atoms with Gasteiger partial charge in [-0.1, -0.05) is 18.2 Å². The molecule has 6 heteroatoms. The number of hydrogen-bond acceptors (Lipinski definition) is 5. The molecule has 0 spiro atoms. The van der Waals surface area contributed by atoms with Crippen LogP contribution in [0.2, 0.25) is 0 Å². The molecule has 4 aliphatic rings. The second-order valence-corrected chi connectivity index (χ2v) is 16.2. The molecule has 1 N–H and O–H groups in total. The van der Waals surface area contributed by atoms with Crippen molar-refractivity contribution in [2.75, 3.05) is 24.3 Å². The van der Waals surface area contributed by atoms with Gasteiger partial charge in [0.2, 0.25) is 0 Å². The molecule has 230 valence electrons. The van der Waals surface area contributed by atoms with Gasteiger partial charge in [-0.25, -0.2) is 0 Å². The summed E-state index contributed by atoms with van der Waals surface area (Å²) in [4.78, 5) is 2.77. The van der Waals surface area contributed by atoms with Crippen molar-refractivity contribution in [2.45, 2.75) is 94.0 Å². The average Bonchev–Trinajstić information content (AvgIpc) is 3.84. The summed E-state index contributed by atoms with van der Waals surface area (Å²) in [7, 11) is 0. The van der Waals surface area contributed by atoms with Gasteiger partial charge in [0.1, 0.15) is 0 Å². The van der Waals surface area contributed by atoms with Crippen LogP contribution in [-0.4, -0.2) is 50.6 Å². The van der Waals surface area contributed by atoms with Crippen LogP contribution in [0.4, 0.5) is 0 Å². The minimum atomic E-state index is -0.215. The molecule has 4 fully saturated rings. The Labute approximate surface area is 264 Å². The van der Waals surface area contributed by atoms with Crippen LogP contribution in [0.3, 0.4) is 0 Å². The van der Waals surface area contributed by atoms with E-state index in [9.17, 15) is 5.11 Å². The van der Waals surface area contributed by atoms with Crippen molar-refractivity contribution in [1.29, 1.82) is 0 Å². The Bertz CT molecular complexity index is 1180. The number of unbranched alkanes of at least 4 members (excludes halogenated alkanes) is 1. The molecular weight excluding hydrogens is 637 g/mol. The molecule has 5 nitrogen and oxygen atoms in total. The molecule has 2 aromatic rings. The van der Waals surface area contributed by atoms with Gasteiger partial charge in [-0.3, -0.25) is 0 Å². The fourth-order valence-electron chi connectivity index (χ4n) is 7.84. The molecule has 2 aromatic carbocycles. The van der Waals surface area contributed by atoms with Crippen LogP contribution in [0.5, 0.6) is 11.5 Å². The number of aromatic hydroxyl groups is 1. The number of fused-ring (bicyclic) bond motifs is 2. The summed E-state index contributed by atoms with van der Waals surface area (Å²) in [5, 5.41) is 11.9. The zero-order valence-corrected chi connectivity index (χ0v) is 28.0. The maximum absolute atomic E-state index is 11.9. The number of likely N-dealkylation sites (tertiary alicyclic amines) is 1. The number of aryl methyl sites for hydroxylation is 1. The molecule has 2 heterocycles. The fraction of sp³-hybridized carbons (Fsp3) is 0.611. The minimum absolute atomic E-state index is 0.118. The number of alkyl halides is 2. The molecule has 6 atom stereocenters. The van der Waals surface area contributed by atoms with E-state index in [4.69, 9.17) is 14.2 Å². The number of nitrogens with zero attached hydrogens (tertiary/aromatic N) is 1. The van der Waals surface area contributed by atoms with Crippen LogP contribution in [-0.2, 0) is 21.5 Å². The molecule has 42 heavy (non-hydrogen) atoms. The predicted molar refractivity (Wildman–Crippen MR) is 180 cm³/mol. The van der Waals surface area contributed by atoms with Gasteiger partial charge >= 0.3 is 234 Å². The van der Waals surface area contributed by atoms with Crippen molar-refractivity contribution in [1.82, 2.24) is 4.90 Å². The third kappa shape index (κ3) is 6.65. The second-order valence-electron chi connectivity index (χ2n) is 12.8. The predicted octanol–water partition coefficient (Wildman–Crippen LogP) is 7.50. The number of rotatable bonds is 10. The third-order valence-electron chi connectivity index (χ3n) is 10.2. The normalized spacial score (nSPS) is 30.9. The topological polar surface area (TPSA) is 51.2 Å². The Kier molecular flexibility index (Phi) is 10.8. The first-order valence-corrected chi connectivity index (χ1v) is 18.9. The summed E-state index contributed by atoms with van der Waals surface area (Å²) in [5.41, 5.74) is 3.29. The Morgan fingerprint density at radius 2 is 1.90 bits per heavy atom. The van der Waals surface area contributed by atoms with Gasteiger partial charge in [0.25, 0.3) is 0 Å². The molecule has 0 amide bonds. The van der Waals surface area contributed by atoms with Crippen LogP contribution in [0.1, 0.15) is 75.5 Å². The van der Waals surface area contributed by atoms with Gasteiger partial charge in [0.15, 0.2) is 0 Å². The molecule has 0 bridgehead atoms. The van der Waals surface area contributed by atoms with Crippen molar-refractivity contribution in [3.63, 3.8) is 0 Å². The first kappa shape index (κ1) is 31.6. The summed E-state index contributed by atoms with van der Waals surface area (Å²) >= 11 is -0.215. The van der Waals surface area contributed by atoms with Gasteiger partial charge in [-0.15, -0.1) is 12.8 Å². The number of benzene rings is 2. The second kappa shape index (κ2) is 14.3. The van der Waals surface area contributed by atoms with Gasteiger partial charge in [-0.2, -0.15) is 0 Å². The number of halogens is 1. The molecule has 4 unspecified atom stereocenters. The molecule has 2 saturated carbocycles. The van der Waals surface area contributed by atoms with Crippen molar-refractivity contribution in [3.05, 3.63) is 59.2 Å². The zero-order chi connectivity index (χ0) is 29.7. The van der Waals surface area contributed by atoms with E-state index in [-0.39, 0.29) is 32.7 Å². The molecule has 2 aliphatic heterocycles. The standard InChI is InChI=1S/C34H48INO4.C2H2/c1-4-5-16-35-33-27-18-28-24(3)36(20-25-12-13-25)17-15-34(28,19-30(27)39-22-40-33)31-23(2)11-14-29(32(31)37)38-21-26-9-7-6-8-10-26;1-2/h6-11,14,24-25,27-28,30,33,35,37H,4-5,12-13,15-22H2,1-3H3;1-2H/t24?,27-,28?,30?,33?,34-;/m0./s1. The van der Waals surface area contributed by atoms with E-state index in [1.807, 2.05) is 24.3 Å². The maximum atomic E-state index is 11.9. The molecule has 2 aliphatic carbocycles. The Balaban J connectivity index is 0.00000173. The SMILES string of the molecule is C#C.CCCC[IH]C1OCOC2C[C@@]3(c4c(C)ccc(OCc5ccccc5)c4O)CCN(CC4CC4)C(C)C3C[C@@H]21. The summed E-state index contributed by atoms with van der Waals surface area (Å²) < 4.78 is 20.8. The zero-order valence-electron chi connectivity index (χ0n) is 25.7. The monoisotopic (exact) mass is 687 g/mol. The van der Waals surface area contributed by atoms with Gasteiger partial charge in [-0.05, 0) is 0 Å². The molecule has 6 rings (SSSR count). The first-order valence-electron chi connectivity index (χ1n) is 15.9. The number of phenolic OH excluding ortho intramolecular Hbond substituents is 1. The molecule has 0 aromatic heterocycles. The molecule has 2 saturated heterocycles. The number of piperidine rings is 1. The van der Waals surface area contributed by atoms with Crippen LogP contribution < -0.4 is 4.74 Å². The van der Waals surface area contributed by atoms with Crippen molar-refractivity contribution in [2.24, 2.45) is 17.8 Å². The van der Waals surface area contributed by atoms with Crippen LogP contribution in [0, 0.1) is 37.5 Å². The number of ether oxygens (including phenoxy) is 3. The Morgan fingerprint density at radius 3 is 2.64 bits per heavy atom. The molecular formula is C36H50INO4. The number of terminal acetylenes is 1. The van der Waals surface area contributed by atoms with Gasteiger partial charge in [0.05, 0.1) is 0 Å². The third-order valence-corrected chi connectivity index (χ3v) is 14.0. The van der Waals surface area contributed by atoms with E-state index in [2.05, 4.69) is 56.7 Å². The van der Waals surface area contributed by atoms with Crippen LogP contribution in [0.25, 0.3) is 0 Å². The van der Waals surface area contributed by atoms with E-state index < -0.39 is 0 Å². The van der Waals surface area contributed by atoms with Crippen molar-refractivity contribution < 1.29 is 19.3 Å². The average molecular weight is 688 g/mol. The van der Waals surface area contributed by atoms with Crippen LogP contribution >= 0.6 is 21.2 Å². The summed E-state index contributed by atoms with van der Waals surface area (Å²) in [6.07, 6.45) is 16.7. The van der Waals surface area contributed by atoms with Crippen LogP contribution in [0.15, 0.2) is 42.5 Å². The van der Waals surface area contributed by atoms with Crippen molar-refractivity contribution >= 4 is 21.2 Å². The summed E-state index contributed by atoms with van der Waals surface area (Å²) in [6, 6.07) is 14.8. The summed E-state index contributed by atoms with van der Waals surface area (Å²) in [5.74, 6) is 2.77.